The predicted octanol–water partition coefficient (Wildman–Crippen LogP) is 6.61. The van der Waals surface area contributed by atoms with Crippen molar-refractivity contribution < 1.29 is 9.90 Å². The Kier molecular flexibility index (Phi) is 11.8. The van der Waals surface area contributed by atoms with Crippen molar-refractivity contribution in [1.82, 2.24) is 0 Å². The summed E-state index contributed by atoms with van der Waals surface area (Å²) in [5.74, 6) is 0.101. The summed E-state index contributed by atoms with van der Waals surface area (Å²) in [6, 6.07) is 5.36. The molecule has 2 nitrogen and oxygen atoms in total. The maximum atomic E-state index is 10.7. The van der Waals surface area contributed by atoms with Crippen molar-refractivity contribution >= 4 is 6.29 Å². The molecule has 0 bridgehead atoms. The Labute approximate surface area is 148 Å². The molecule has 1 aromatic rings. The molecule has 134 valence electrons. The summed E-state index contributed by atoms with van der Waals surface area (Å²) < 4.78 is 0. The lowest BCUT2D eigenvalue weighted by atomic mass is 10.0. The zero-order valence-corrected chi connectivity index (χ0v) is 15.3. The zero-order valence-electron chi connectivity index (χ0n) is 15.3. The molecule has 2 heteroatoms. The number of phenolic OH excluding ortho intramolecular Hbond substituents is 1. The van der Waals surface area contributed by atoms with Crippen molar-refractivity contribution in [3.05, 3.63) is 41.5 Å². The summed E-state index contributed by atoms with van der Waals surface area (Å²) in [5, 5.41) is 9.66. The van der Waals surface area contributed by atoms with Crippen LogP contribution in [0, 0.1) is 0 Å². The van der Waals surface area contributed by atoms with Crippen molar-refractivity contribution in [3.8, 4) is 5.75 Å². The van der Waals surface area contributed by atoms with Gasteiger partial charge in [0.1, 0.15) is 5.75 Å². The second-order valence-electron chi connectivity index (χ2n) is 6.64. The van der Waals surface area contributed by atoms with E-state index in [4.69, 9.17) is 0 Å². The molecule has 1 N–H and O–H groups in total. The van der Waals surface area contributed by atoms with Crippen LogP contribution in [0.3, 0.4) is 0 Å². The minimum atomic E-state index is 0.101. The number of aromatic hydroxyl groups is 1. The molecule has 0 aliphatic rings. The van der Waals surface area contributed by atoms with E-state index in [9.17, 15) is 9.90 Å². The van der Waals surface area contributed by atoms with Gasteiger partial charge in [-0.25, -0.2) is 0 Å². The van der Waals surface area contributed by atoms with Crippen LogP contribution in [0.15, 0.2) is 30.4 Å². The Morgan fingerprint density at radius 3 is 2.12 bits per heavy atom. The van der Waals surface area contributed by atoms with Gasteiger partial charge in [-0.05, 0) is 56.2 Å². The van der Waals surface area contributed by atoms with Crippen LogP contribution in [0.1, 0.15) is 93.5 Å². The standard InChI is InChI=1S/C22H34O2/c1-2-3-4-5-6-7-8-9-10-11-12-13-14-15-20-16-17-21(19-23)22(24)18-20/h7-8,16-19,24H,2-6,9-15H2,1H3/b8-7-. The number of carbonyl (C=O) groups is 1. The summed E-state index contributed by atoms with van der Waals surface area (Å²) in [6.07, 6.45) is 20.5. The van der Waals surface area contributed by atoms with Crippen LogP contribution in [0.2, 0.25) is 0 Å². The molecule has 0 fully saturated rings. The van der Waals surface area contributed by atoms with E-state index >= 15 is 0 Å². The molecule has 0 radical (unpaired) electrons. The first-order valence-corrected chi connectivity index (χ1v) is 9.70. The van der Waals surface area contributed by atoms with Gasteiger partial charge in [0.2, 0.25) is 0 Å². The molecule has 0 aliphatic heterocycles. The third kappa shape index (κ3) is 9.54. The van der Waals surface area contributed by atoms with Crippen LogP contribution in [-0.2, 0) is 6.42 Å². The highest BCUT2D eigenvalue weighted by molar-refractivity contribution is 5.79. The second kappa shape index (κ2) is 13.8. The van der Waals surface area contributed by atoms with E-state index in [1.807, 2.05) is 6.07 Å². The summed E-state index contributed by atoms with van der Waals surface area (Å²) in [4.78, 5) is 10.7. The van der Waals surface area contributed by atoms with Crippen molar-refractivity contribution in [2.45, 2.75) is 84.0 Å². The molecule has 1 aromatic carbocycles. The first kappa shape index (κ1) is 20.5. The van der Waals surface area contributed by atoms with Crippen molar-refractivity contribution in [1.29, 1.82) is 0 Å². The number of aldehydes is 1. The van der Waals surface area contributed by atoms with E-state index in [1.165, 1.54) is 64.2 Å². The predicted molar refractivity (Wildman–Crippen MR) is 103 cm³/mol. The number of benzene rings is 1. The first-order valence-electron chi connectivity index (χ1n) is 9.70. The monoisotopic (exact) mass is 330 g/mol. The van der Waals surface area contributed by atoms with Crippen molar-refractivity contribution in [2.75, 3.05) is 0 Å². The Hall–Kier alpha value is -1.57. The van der Waals surface area contributed by atoms with E-state index in [-0.39, 0.29) is 5.75 Å². The lowest BCUT2D eigenvalue weighted by Gasteiger charge is -2.04. The van der Waals surface area contributed by atoms with Gasteiger partial charge in [0.25, 0.3) is 0 Å². The number of rotatable bonds is 14. The summed E-state index contributed by atoms with van der Waals surface area (Å²) in [5.41, 5.74) is 1.49. The number of hydrogen-bond acceptors (Lipinski definition) is 2. The second-order valence-corrected chi connectivity index (χ2v) is 6.64. The van der Waals surface area contributed by atoms with Crippen molar-refractivity contribution in [2.24, 2.45) is 0 Å². The van der Waals surface area contributed by atoms with E-state index < -0.39 is 0 Å². The topological polar surface area (TPSA) is 37.3 Å². The fourth-order valence-electron chi connectivity index (χ4n) is 2.89. The SMILES string of the molecule is CCCCCC/C=C\CCCCCCCc1ccc(C=O)c(O)c1. The molecular weight excluding hydrogens is 296 g/mol. The number of allylic oxidation sites excluding steroid dienone is 2. The van der Waals surface area contributed by atoms with E-state index in [1.54, 1.807) is 12.1 Å². The third-order valence-corrected chi connectivity index (χ3v) is 4.45. The first-order chi connectivity index (χ1) is 11.8. The van der Waals surface area contributed by atoms with Crippen LogP contribution in [-0.4, -0.2) is 11.4 Å². The van der Waals surface area contributed by atoms with Gasteiger partial charge < -0.3 is 5.11 Å². The Morgan fingerprint density at radius 2 is 1.50 bits per heavy atom. The van der Waals surface area contributed by atoms with Crippen LogP contribution in [0.4, 0.5) is 0 Å². The molecule has 24 heavy (non-hydrogen) atoms. The number of aryl methyl sites for hydroxylation is 1. The van der Waals surface area contributed by atoms with Gasteiger partial charge in [0, 0.05) is 0 Å². The van der Waals surface area contributed by atoms with Crippen LogP contribution < -0.4 is 0 Å². The highest BCUT2D eigenvalue weighted by Crippen LogP contribution is 2.19. The highest BCUT2D eigenvalue weighted by Gasteiger charge is 2.01. The van der Waals surface area contributed by atoms with Gasteiger partial charge in [-0.2, -0.15) is 0 Å². The molecule has 0 unspecified atom stereocenters. The largest absolute Gasteiger partial charge is 0.507 e. The minimum Gasteiger partial charge on any atom is -0.507 e. The lowest BCUT2D eigenvalue weighted by Crippen LogP contribution is -1.89. The molecule has 0 aliphatic carbocycles. The Balaban J connectivity index is 1.96. The smallest absolute Gasteiger partial charge is 0.153 e. The maximum absolute atomic E-state index is 10.7. The molecule has 0 aromatic heterocycles. The molecule has 0 saturated carbocycles. The van der Waals surface area contributed by atoms with E-state index in [0.29, 0.717) is 11.8 Å². The number of carbonyl (C=O) groups excluding carboxylic acids is 1. The summed E-state index contributed by atoms with van der Waals surface area (Å²) in [6.45, 7) is 2.25. The van der Waals surface area contributed by atoms with Crippen molar-refractivity contribution in [3.63, 3.8) is 0 Å². The molecule has 0 amide bonds. The molecular formula is C22H34O2. The molecule has 0 heterocycles. The van der Waals surface area contributed by atoms with Gasteiger partial charge in [-0.3, -0.25) is 4.79 Å². The fraction of sp³-hybridized carbons (Fsp3) is 0.591. The van der Waals surface area contributed by atoms with Crippen LogP contribution in [0.25, 0.3) is 0 Å². The van der Waals surface area contributed by atoms with E-state index in [2.05, 4.69) is 19.1 Å². The fourth-order valence-corrected chi connectivity index (χ4v) is 2.89. The molecule has 0 spiro atoms. The highest BCUT2D eigenvalue weighted by atomic mass is 16.3. The molecule has 1 rings (SSSR count). The average Bonchev–Trinajstić information content (AvgIpc) is 2.59. The summed E-state index contributed by atoms with van der Waals surface area (Å²) in [7, 11) is 0. The number of phenols is 1. The molecule has 0 atom stereocenters. The third-order valence-electron chi connectivity index (χ3n) is 4.45. The summed E-state index contributed by atoms with van der Waals surface area (Å²) >= 11 is 0. The zero-order chi connectivity index (χ0) is 17.5. The Morgan fingerprint density at radius 1 is 0.875 bits per heavy atom. The van der Waals surface area contributed by atoms with Gasteiger partial charge in [0.05, 0.1) is 5.56 Å². The van der Waals surface area contributed by atoms with Gasteiger partial charge in [-0.1, -0.05) is 63.7 Å². The van der Waals surface area contributed by atoms with Gasteiger partial charge in [-0.15, -0.1) is 0 Å². The van der Waals surface area contributed by atoms with Gasteiger partial charge >= 0.3 is 0 Å². The number of unbranched alkanes of at least 4 members (excludes halogenated alkanes) is 9. The lowest BCUT2D eigenvalue weighted by molar-refractivity contribution is 0.112. The maximum Gasteiger partial charge on any atom is 0.153 e. The normalized spacial score (nSPS) is 11.2. The Bertz CT molecular complexity index is 477. The van der Waals surface area contributed by atoms with E-state index in [0.717, 1.165) is 18.4 Å². The minimum absolute atomic E-state index is 0.101. The molecule has 0 saturated heterocycles. The van der Waals surface area contributed by atoms with Crippen LogP contribution >= 0.6 is 0 Å². The number of hydrogen-bond donors (Lipinski definition) is 1. The van der Waals surface area contributed by atoms with Crippen LogP contribution in [0.5, 0.6) is 5.75 Å². The van der Waals surface area contributed by atoms with Gasteiger partial charge in [0.15, 0.2) is 6.29 Å². The quantitative estimate of drug-likeness (QED) is 0.236. The average molecular weight is 331 g/mol.